The standard InChI is InChI=1S/C23H28N4O3/c1-16-6-8-19(9-7-16)25-12-4-10-23(21(25)29)11-5-13-27(23)20(28)15-26-18(3)14-17(2)24-22(26)30/h6-9,14H,4-5,10-13,15H2,1-3H3. The monoisotopic (exact) mass is 408 g/mol. The normalized spacial score (nSPS) is 21.5. The number of amides is 2. The fourth-order valence-corrected chi connectivity index (χ4v) is 4.87. The molecule has 1 aromatic carbocycles. The van der Waals surface area contributed by atoms with Gasteiger partial charge in [0.15, 0.2) is 0 Å². The van der Waals surface area contributed by atoms with Crippen molar-refractivity contribution in [1.29, 1.82) is 0 Å². The molecule has 7 nitrogen and oxygen atoms in total. The van der Waals surface area contributed by atoms with Crippen LogP contribution in [0.3, 0.4) is 0 Å². The third-order valence-corrected chi connectivity index (χ3v) is 6.39. The Kier molecular flexibility index (Phi) is 5.22. The van der Waals surface area contributed by atoms with Crippen LogP contribution >= 0.6 is 0 Å². The Morgan fingerprint density at radius 3 is 2.37 bits per heavy atom. The number of carbonyl (C=O) groups is 2. The molecule has 2 saturated heterocycles. The van der Waals surface area contributed by atoms with Gasteiger partial charge in [-0.25, -0.2) is 4.79 Å². The van der Waals surface area contributed by atoms with Gasteiger partial charge < -0.3 is 9.80 Å². The number of anilines is 1. The SMILES string of the molecule is Cc1ccc(N2CCCC3(CCCN3C(=O)Cn3c(C)cc(C)nc3=O)C2=O)cc1. The van der Waals surface area contributed by atoms with Gasteiger partial charge in [-0.05, 0) is 64.7 Å². The van der Waals surface area contributed by atoms with Crippen molar-refractivity contribution in [2.75, 3.05) is 18.0 Å². The highest BCUT2D eigenvalue weighted by Crippen LogP contribution is 2.40. The van der Waals surface area contributed by atoms with Gasteiger partial charge in [-0.2, -0.15) is 4.98 Å². The zero-order valence-corrected chi connectivity index (χ0v) is 17.9. The second kappa shape index (κ2) is 7.70. The topological polar surface area (TPSA) is 75.5 Å². The molecule has 2 aliphatic heterocycles. The summed E-state index contributed by atoms with van der Waals surface area (Å²) in [6, 6.07) is 9.73. The molecule has 1 spiro atoms. The van der Waals surface area contributed by atoms with E-state index >= 15 is 0 Å². The van der Waals surface area contributed by atoms with Crippen LogP contribution in [0.2, 0.25) is 0 Å². The summed E-state index contributed by atoms with van der Waals surface area (Å²) in [5.41, 5.74) is 2.11. The first-order valence-electron chi connectivity index (χ1n) is 10.6. The summed E-state index contributed by atoms with van der Waals surface area (Å²) in [7, 11) is 0. The number of rotatable bonds is 3. The molecule has 158 valence electrons. The van der Waals surface area contributed by atoms with Crippen LogP contribution in [0.25, 0.3) is 0 Å². The Balaban J connectivity index is 1.62. The lowest BCUT2D eigenvalue weighted by Gasteiger charge is -2.44. The van der Waals surface area contributed by atoms with E-state index in [2.05, 4.69) is 4.98 Å². The van der Waals surface area contributed by atoms with E-state index in [1.807, 2.05) is 36.1 Å². The molecular weight excluding hydrogens is 380 g/mol. The number of hydrogen-bond donors (Lipinski definition) is 0. The van der Waals surface area contributed by atoms with Crippen LogP contribution in [-0.2, 0) is 16.1 Å². The van der Waals surface area contributed by atoms with Crippen molar-refractivity contribution in [3.63, 3.8) is 0 Å². The number of hydrogen-bond acceptors (Lipinski definition) is 4. The van der Waals surface area contributed by atoms with Crippen LogP contribution in [0, 0.1) is 20.8 Å². The van der Waals surface area contributed by atoms with Gasteiger partial charge in [-0.1, -0.05) is 17.7 Å². The summed E-state index contributed by atoms with van der Waals surface area (Å²) >= 11 is 0. The average Bonchev–Trinajstić information content (AvgIpc) is 3.12. The van der Waals surface area contributed by atoms with Crippen molar-refractivity contribution in [2.24, 2.45) is 0 Å². The third-order valence-electron chi connectivity index (χ3n) is 6.39. The Morgan fingerprint density at radius 1 is 1.03 bits per heavy atom. The van der Waals surface area contributed by atoms with E-state index < -0.39 is 11.2 Å². The highest BCUT2D eigenvalue weighted by Gasteiger charge is 2.52. The van der Waals surface area contributed by atoms with E-state index in [1.54, 1.807) is 24.8 Å². The zero-order valence-electron chi connectivity index (χ0n) is 17.9. The van der Waals surface area contributed by atoms with Gasteiger partial charge in [-0.3, -0.25) is 14.2 Å². The van der Waals surface area contributed by atoms with Crippen LogP contribution in [0.15, 0.2) is 35.1 Å². The molecule has 1 atom stereocenters. The molecule has 2 fully saturated rings. The molecule has 2 amide bonds. The maximum Gasteiger partial charge on any atom is 0.348 e. The van der Waals surface area contributed by atoms with Gasteiger partial charge in [0.2, 0.25) is 5.91 Å². The smallest absolute Gasteiger partial charge is 0.326 e. The lowest BCUT2D eigenvalue weighted by molar-refractivity contribution is -0.145. The highest BCUT2D eigenvalue weighted by molar-refractivity contribution is 6.03. The minimum atomic E-state index is -0.810. The molecule has 4 rings (SSSR count). The number of likely N-dealkylation sites (tertiary alicyclic amines) is 1. The van der Waals surface area contributed by atoms with Gasteiger partial charge in [0.05, 0.1) is 0 Å². The lowest BCUT2D eigenvalue weighted by Crippen LogP contribution is -2.62. The van der Waals surface area contributed by atoms with Gasteiger partial charge in [0, 0.05) is 30.2 Å². The molecule has 2 aliphatic rings. The van der Waals surface area contributed by atoms with E-state index in [0.29, 0.717) is 37.3 Å². The number of aryl methyl sites for hydroxylation is 3. The third kappa shape index (κ3) is 3.42. The number of benzene rings is 1. The second-order valence-corrected chi connectivity index (χ2v) is 8.48. The van der Waals surface area contributed by atoms with Crippen LogP contribution in [-0.4, -0.2) is 44.9 Å². The van der Waals surface area contributed by atoms with E-state index in [0.717, 1.165) is 24.1 Å². The Bertz CT molecular complexity index is 1040. The Morgan fingerprint density at radius 2 is 1.70 bits per heavy atom. The molecule has 30 heavy (non-hydrogen) atoms. The van der Waals surface area contributed by atoms with Gasteiger partial charge in [0.25, 0.3) is 5.91 Å². The number of aromatic nitrogens is 2. The van der Waals surface area contributed by atoms with Crippen molar-refractivity contribution in [3.8, 4) is 0 Å². The lowest BCUT2D eigenvalue weighted by atomic mass is 9.85. The summed E-state index contributed by atoms with van der Waals surface area (Å²) in [6.07, 6.45) is 2.97. The summed E-state index contributed by atoms with van der Waals surface area (Å²) in [6.45, 7) is 6.69. The van der Waals surface area contributed by atoms with Crippen LogP contribution in [0.1, 0.15) is 42.6 Å². The van der Waals surface area contributed by atoms with Gasteiger partial charge in [-0.15, -0.1) is 0 Å². The largest absolute Gasteiger partial charge is 0.348 e. The fourth-order valence-electron chi connectivity index (χ4n) is 4.87. The first-order chi connectivity index (χ1) is 14.3. The molecule has 0 aliphatic carbocycles. The van der Waals surface area contributed by atoms with Gasteiger partial charge >= 0.3 is 5.69 Å². The van der Waals surface area contributed by atoms with Crippen molar-refractivity contribution >= 4 is 17.5 Å². The molecule has 0 saturated carbocycles. The first kappa shape index (κ1) is 20.3. The molecule has 0 N–H and O–H groups in total. The number of nitrogens with zero attached hydrogens (tertiary/aromatic N) is 4. The molecule has 1 aromatic heterocycles. The first-order valence-corrected chi connectivity index (χ1v) is 10.6. The van der Waals surface area contributed by atoms with Crippen molar-refractivity contribution in [3.05, 3.63) is 57.8 Å². The summed E-state index contributed by atoms with van der Waals surface area (Å²) in [5.74, 6) is -0.197. The maximum atomic E-state index is 13.6. The Hall–Kier alpha value is -2.96. The minimum Gasteiger partial charge on any atom is -0.326 e. The molecule has 7 heteroatoms. The van der Waals surface area contributed by atoms with Crippen molar-refractivity contribution in [1.82, 2.24) is 14.5 Å². The summed E-state index contributed by atoms with van der Waals surface area (Å²) < 4.78 is 1.40. The molecule has 0 radical (unpaired) electrons. The van der Waals surface area contributed by atoms with Crippen LogP contribution in [0.5, 0.6) is 0 Å². The van der Waals surface area contributed by atoms with Crippen molar-refractivity contribution < 1.29 is 9.59 Å². The molecule has 3 heterocycles. The van der Waals surface area contributed by atoms with E-state index in [4.69, 9.17) is 0 Å². The van der Waals surface area contributed by atoms with E-state index in [1.165, 1.54) is 4.57 Å². The predicted octanol–water partition coefficient (Wildman–Crippen LogP) is 2.36. The minimum absolute atomic E-state index is 0.00504. The van der Waals surface area contributed by atoms with Crippen molar-refractivity contribution in [2.45, 2.75) is 58.5 Å². The van der Waals surface area contributed by atoms with E-state index in [9.17, 15) is 14.4 Å². The van der Waals surface area contributed by atoms with Crippen LogP contribution < -0.4 is 10.6 Å². The molecular formula is C23H28N4O3. The zero-order chi connectivity index (χ0) is 21.5. The average molecular weight is 409 g/mol. The van der Waals surface area contributed by atoms with Crippen LogP contribution in [0.4, 0.5) is 5.69 Å². The maximum absolute atomic E-state index is 13.6. The second-order valence-electron chi connectivity index (χ2n) is 8.48. The summed E-state index contributed by atoms with van der Waals surface area (Å²) in [5, 5.41) is 0. The quantitative estimate of drug-likeness (QED) is 0.781. The number of piperidine rings is 1. The van der Waals surface area contributed by atoms with E-state index in [-0.39, 0.29) is 18.4 Å². The summed E-state index contributed by atoms with van der Waals surface area (Å²) in [4.78, 5) is 46.7. The predicted molar refractivity (Wildman–Crippen MR) is 114 cm³/mol. The Labute approximate surface area is 176 Å². The van der Waals surface area contributed by atoms with Gasteiger partial charge in [0.1, 0.15) is 12.1 Å². The highest BCUT2D eigenvalue weighted by atomic mass is 16.2. The molecule has 2 aromatic rings. The molecule has 1 unspecified atom stereocenters. The fraction of sp³-hybridized carbons (Fsp3) is 0.478. The molecule has 0 bridgehead atoms. The number of carbonyl (C=O) groups excluding carboxylic acids is 2.